The Balaban J connectivity index is 1.43. The fourth-order valence-electron chi connectivity index (χ4n) is 4.09. The molecule has 4 heterocycles. The third kappa shape index (κ3) is 4.07. The maximum Gasteiger partial charge on any atom is 0.297 e. The van der Waals surface area contributed by atoms with Gasteiger partial charge in [-0.3, -0.25) is 9.28 Å². The summed E-state index contributed by atoms with van der Waals surface area (Å²) in [5, 5.41) is 7.01. The van der Waals surface area contributed by atoms with E-state index < -0.39 is 40.3 Å². The van der Waals surface area contributed by atoms with Gasteiger partial charge < -0.3 is 19.9 Å². The molecule has 2 saturated heterocycles. The molecule has 0 aliphatic carbocycles. The number of anilines is 1. The molecule has 11 nitrogen and oxygen atoms in total. The maximum absolute atomic E-state index is 12.7. The van der Waals surface area contributed by atoms with Crippen LogP contribution in [0, 0.1) is 6.92 Å². The molecule has 4 atom stereocenters. The number of nitrogen functional groups attached to an aromatic ring is 1. The maximum atomic E-state index is 12.7. The molecule has 0 spiro atoms. The molecule has 13 heteroatoms. The van der Waals surface area contributed by atoms with Crippen LogP contribution in [0.15, 0.2) is 29.2 Å². The lowest BCUT2D eigenvalue weighted by Gasteiger charge is -2.23. The monoisotopic (exact) mass is 495 g/mol. The summed E-state index contributed by atoms with van der Waals surface area (Å²) < 4.78 is 48.9. The van der Waals surface area contributed by atoms with E-state index in [-0.39, 0.29) is 22.6 Å². The first-order valence-electron chi connectivity index (χ1n) is 10.2. The van der Waals surface area contributed by atoms with Gasteiger partial charge in [0.25, 0.3) is 10.1 Å². The Morgan fingerprint density at radius 3 is 2.58 bits per heavy atom. The Morgan fingerprint density at radius 1 is 1.15 bits per heavy atom. The number of fused-ring (bicyclic) bond motifs is 2. The van der Waals surface area contributed by atoms with Crippen molar-refractivity contribution in [2.24, 2.45) is 0 Å². The smallest absolute Gasteiger partial charge is 0.297 e. The van der Waals surface area contributed by atoms with Gasteiger partial charge in [-0.05, 0) is 44.5 Å². The first-order chi connectivity index (χ1) is 15.5. The first-order valence-corrected chi connectivity index (χ1v) is 12.0. The minimum atomic E-state index is -3.99. The van der Waals surface area contributed by atoms with Gasteiger partial charge in [-0.15, -0.1) is 0 Å². The van der Waals surface area contributed by atoms with Gasteiger partial charge in [0.1, 0.15) is 29.9 Å². The zero-order valence-electron chi connectivity index (χ0n) is 18.0. The van der Waals surface area contributed by atoms with Crippen molar-refractivity contribution in [3.8, 4) is 0 Å². The largest absolute Gasteiger partial charge is 0.382 e. The molecule has 2 aromatic heterocycles. The number of nitrogens with two attached hydrogens (primary N) is 1. The zero-order chi connectivity index (χ0) is 23.5. The second-order valence-electron chi connectivity index (χ2n) is 8.42. The molecular weight excluding hydrogens is 474 g/mol. The molecule has 3 N–H and O–H groups in total. The molecule has 2 aliphatic heterocycles. The van der Waals surface area contributed by atoms with Crippen LogP contribution in [0.5, 0.6) is 0 Å². The van der Waals surface area contributed by atoms with Crippen molar-refractivity contribution in [3.63, 3.8) is 0 Å². The third-order valence-corrected chi connectivity index (χ3v) is 7.02. The number of hydrogen-bond donors (Lipinski definition) is 2. The van der Waals surface area contributed by atoms with Gasteiger partial charge in [-0.1, -0.05) is 17.7 Å². The van der Waals surface area contributed by atoms with Gasteiger partial charge in [-0.2, -0.15) is 18.5 Å². The lowest BCUT2D eigenvalue weighted by molar-refractivity contribution is -0.190. The predicted octanol–water partition coefficient (Wildman–Crippen LogP) is 2.26. The van der Waals surface area contributed by atoms with Crippen molar-refractivity contribution in [2.45, 2.75) is 55.9 Å². The number of aryl methyl sites for hydroxylation is 1. The molecule has 0 saturated carbocycles. The molecular formula is C20H22ClN5O6S. The van der Waals surface area contributed by atoms with Crippen molar-refractivity contribution in [1.82, 2.24) is 20.2 Å². The van der Waals surface area contributed by atoms with Crippen LogP contribution >= 0.6 is 11.6 Å². The second-order valence-corrected chi connectivity index (χ2v) is 10.4. The summed E-state index contributed by atoms with van der Waals surface area (Å²) >= 11 is 5.99. The van der Waals surface area contributed by atoms with Crippen molar-refractivity contribution in [1.29, 1.82) is 0 Å². The molecule has 33 heavy (non-hydrogen) atoms. The molecule has 1 unspecified atom stereocenters. The molecule has 1 aromatic carbocycles. The van der Waals surface area contributed by atoms with Crippen LogP contribution in [0.1, 0.15) is 31.2 Å². The quantitative estimate of drug-likeness (QED) is 0.398. The average molecular weight is 496 g/mol. The van der Waals surface area contributed by atoms with Gasteiger partial charge >= 0.3 is 0 Å². The molecule has 5 rings (SSSR count). The van der Waals surface area contributed by atoms with Crippen molar-refractivity contribution >= 4 is 38.6 Å². The molecule has 0 bridgehead atoms. The fraction of sp³-hybridized carbons (Fsp3) is 0.450. The zero-order valence-corrected chi connectivity index (χ0v) is 19.6. The van der Waals surface area contributed by atoms with Gasteiger partial charge in [0, 0.05) is 0 Å². The summed E-state index contributed by atoms with van der Waals surface area (Å²) in [5.41, 5.74) is 8.05. The van der Waals surface area contributed by atoms with E-state index >= 15 is 0 Å². The van der Waals surface area contributed by atoms with Crippen LogP contribution in [0.25, 0.3) is 11.0 Å². The molecule has 176 valence electrons. The van der Waals surface area contributed by atoms with Gasteiger partial charge in [0.05, 0.1) is 17.2 Å². The predicted molar refractivity (Wildman–Crippen MR) is 117 cm³/mol. The van der Waals surface area contributed by atoms with E-state index in [1.807, 2.05) is 6.92 Å². The Hall–Kier alpha value is -2.35. The Labute approximate surface area is 194 Å². The number of aromatic amines is 1. The van der Waals surface area contributed by atoms with E-state index in [9.17, 15) is 8.42 Å². The number of nitrogens with one attached hydrogen (secondary N) is 1. The van der Waals surface area contributed by atoms with E-state index in [1.54, 1.807) is 26.0 Å². The van der Waals surface area contributed by atoms with E-state index in [2.05, 4.69) is 20.2 Å². The van der Waals surface area contributed by atoms with Crippen molar-refractivity contribution in [3.05, 3.63) is 40.8 Å². The van der Waals surface area contributed by atoms with Crippen LogP contribution in [0.4, 0.5) is 5.82 Å². The second kappa shape index (κ2) is 7.86. The number of halogens is 1. The Bertz CT molecular complexity index is 1310. The molecule has 2 aliphatic rings. The fourth-order valence-corrected chi connectivity index (χ4v) is 5.18. The summed E-state index contributed by atoms with van der Waals surface area (Å²) in [6.45, 7) is 5.14. The van der Waals surface area contributed by atoms with Crippen LogP contribution in [-0.4, -0.2) is 59.3 Å². The van der Waals surface area contributed by atoms with Crippen molar-refractivity contribution in [2.75, 3.05) is 12.3 Å². The number of H-pyrrole nitrogens is 1. The molecule has 3 aromatic rings. The minimum absolute atomic E-state index is 0.0369. The van der Waals surface area contributed by atoms with E-state index in [4.69, 9.17) is 35.7 Å². The lowest BCUT2D eigenvalue weighted by atomic mass is 10.1. The van der Waals surface area contributed by atoms with Crippen LogP contribution < -0.4 is 5.73 Å². The number of rotatable bonds is 5. The molecule has 2 fully saturated rings. The standard InChI is InChI=1S/C20H22ClN5O6S/c1-9-4-6-10(7-5-9)33(27,28)29-8-11-15-17(32-20(2,3)31-15)16(30-11)13-12-14(26-25-13)18(22)24-19(21)23-12/h4-7,11,15-17H,8H2,1-3H3,(H,25,26)(H2,22,23,24)/t11-,15-,16?,17-/m1/s1. The molecule has 0 amide bonds. The van der Waals surface area contributed by atoms with E-state index in [0.29, 0.717) is 16.7 Å². The van der Waals surface area contributed by atoms with Gasteiger partial charge in [-0.25, -0.2) is 4.98 Å². The van der Waals surface area contributed by atoms with E-state index in [1.165, 1.54) is 12.1 Å². The third-order valence-electron chi connectivity index (χ3n) is 5.56. The first kappa shape index (κ1) is 22.4. The number of aromatic nitrogens is 4. The number of benzene rings is 1. The average Bonchev–Trinajstić information content (AvgIpc) is 3.37. The van der Waals surface area contributed by atoms with Crippen LogP contribution in [-0.2, 0) is 28.5 Å². The number of hydrogen-bond acceptors (Lipinski definition) is 10. The summed E-state index contributed by atoms with van der Waals surface area (Å²) in [5.74, 6) is -0.789. The minimum Gasteiger partial charge on any atom is -0.382 e. The van der Waals surface area contributed by atoms with E-state index in [0.717, 1.165) is 5.56 Å². The molecule has 0 radical (unpaired) electrons. The van der Waals surface area contributed by atoms with Crippen molar-refractivity contribution < 1.29 is 26.8 Å². The van der Waals surface area contributed by atoms with Crippen LogP contribution in [0.3, 0.4) is 0 Å². The highest BCUT2D eigenvalue weighted by Gasteiger charge is 2.56. The lowest BCUT2D eigenvalue weighted by Crippen LogP contribution is -2.33. The summed E-state index contributed by atoms with van der Waals surface area (Å²) in [4.78, 5) is 8.19. The SMILES string of the molecule is Cc1ccc(S(=O)(=O)OC[C@H]2OC(c3[nH]nc4c(N)nc(Cl)nc34)[C@@H]3OC(C)(C)O[C@H]23)cc1. The summed E-state index contributed by atoms with van der Waals surface area (Å²) in [7, 11) is -3.99. The van der Waals surface area contributed by atoms with Crippen LogP contribution in [0.2, 0.25) is 5.28 Å². The van der Waals surface area contributed by atoms with Gasteiger partial charge in [0.2, 0.25) is 5.28 Å². The topological polar surface area (TPSA) is 152 Å². The Kier molecular flexibility index (Phi) is 5.34. The highest BCUT2D eigenvalue weighted by molar-refractivity contribution is 7.86. The Morgan fingerprint density at radius 2 is 1.85 bits per heavy atom. The normalized spacial score (nSPS) is 26.7. The highest BCUT2D eigenvalue weighted by Crippen LogP contribution is 2.46. The number of nitrogens with zero attached hydrogens (tertiary/aromatic N) is 3. The summed E-state index contributed by atoms with van der Waals surface area (Å²) in [6, 6.07) is 6.39. The number of ether oxygens (including phenoxy) is 3. The highest BCUT2D eigenvalue weighted by atomic mass is 35.5. The van der Waals surface area contributed by atoms with Gasteiger partial charge in [0.15, 0.2) is 17.1 Å². The summed E-state index contributed by atoms with van der Waals surface area (Å²) in [6.07, 6.45) is -2.61.